The normalized spacial score (nSPS) is 10.8. The number of esters is 1. The number of carbonyl (C=O) groups excluding carboxylic acids is 1. The van der Waals surface area contributed by atoms with Crippen molar-refractivity contribution in [1.29, 1.82) is 0 Å². The van der Waals surface area contributed by atoms with Crippen LogP contribution < -0.4 is 24.4 Å². The van der Waals surface area contributed by atoms with E-state index in [1.807, 2.05) is 6.92 Å². The van der Waals surface area contributed by atoms with Gasteiger partial charge in [-0.05, 0) is 57.9 Å². The van der Waals surface area contributed by atoms with Crippen molar-refractivity contribution in [2.45, 2.75) is 40.5 Å². The fourth-order valence-corrected chi connectivity index (χ4v) is 3.72. The lowest BCUT2D eigenvalue weighted by Gasteiger charge is -2.19. The Hall–Kier alpha value is -3.94. The molecule has 8 heteroatoms. The minimum absolute atomic E-state index is 0.0655. The molecule has 0 aliphatic rings. The number of aromatic hydroxyl groups is 1. The molecule has 2 aromatic carbocycles. The molecule has 0 aliphatic heterocycles. The fraction of sp³-hybridized carbons (Fsp3) is 0.333. The van der Waals surface area contributed by atoms with Crippen LogP contribution in [0.2, 0.25) is 0 Å². The Kier molecular flexibility index (Phi) is 8.06. The summed E-state index contributed by atoms with van der Waals surface area (Å²) < 4.78 is 28.3. The number of rotatable bonds is 10. The first-order valence-corrected chi connectivity index (χ1v) is 11.3. The summed E-state index contributed by atoms with van der Waals surface area (Å²) in [5.74, 6) is -0.531. The molecule has 3 rings (SSSR count). The molecule has 0 saturated heterocycles. The molecule has 186 valence electrons. The van der Waals surface area contributed by atoms with E-state index < -0.39 is 17.1 Å². The van der Waals surface area contributed by atoms with Gasteiger partial charge in [0.1, 0.15) is 16.7 Å². The third-order valence-electron chi connectivity index (χ3n) is 5.25. The molecular weight excluding hydrogens is 452 g/mol. The molecule has 3 aromatic rings. The van der Waals surface area contributed by atoms with Crippen LogP contribution in [0.15, 0.2) is 45.6 Å². The Morgan fingerprint density at radius 1 is 1.03 bits per heavy atom. The zero-order chi connectivity index (χ0) is 25.7. The first kappa shape index (κ1) is 25.7. The highest BCUT2D eigenvalue weighted by molar-refractivity contribution is 5.95. The molecule has 1 N–H and O–H groups in total. The Bertz CT molecular complexity index is 1300. The van der Waals surface area contributed by atoms with E-state index in [0.29, 0.717) is 29.7 Å². The van der Waals surface area contributed by atoms with E-state index in [9.17, 15) is 14.7 Å². The number of methoxy groups -OCH3 is 1. The Morgan fingerprint density at radius 2 is 1.66 bits per heavy atom. The van der Waals surface area contributed by atoms with Gasteiger partial charge in [-0.25, -0.2) is 0 Å². The van der Waals surface area contributed by atoms with E-state index >= 15 is 0 Å². The van der Waals surface area contributed by atoms with E-state index in [0.717, 1.165) is 5.57 Å². The summed E-state index contributed by atoms with van der Waals surface area (Å²) in [6.45, 7) is 11.0. The van der Waals surface area contributed by atoms with E-state index in [2.05, 4.69) is 6.58 Å². The first-order chi connectivity index (χ1) is 16.7. The number of ether oxygens (including phenoxy) is 4. The first-order valence-electron chi connectivity index (χ1n) is 11.3. The van der Waals surface area contributed by atoms with Crippen LogP contribution in [0.4, 0.5) is 0 Å². The molecule has 35 heavy (non-hydrogen) atoms. The number of allylic oxidation sites excluding steroid dienone is 1. The molecule has 0 atom stereocenters. The van der Waals surface area contributed by atoms with Gasteiger partial charge >= 0.3 is 5.97 Å². The van der Waals surface area contributed by atoms with Gasteiger partial charge in [0.25, 0.3) is 0 Å². The monoisotopic (exact) mass is 482 g/mol. The molecule has 1 aromatic heterocycles. The quantitative estimate of drug-likeness (QED) is 0.233. The van der Waals surface area contributed by atoms with E-state index in [1.165, 1.54) is 6.92 Å². The van der Waals surface area contributed by atoms with Crippen LogP contribution >= 0.6 is 0 Å². The number of hydrogen-bond donors (Lipinski definition) is 1. The zero-order valence-electron chi connectivity index (χ0n) is 20.6. The summed E-state index contributed by atoms with van der Waals surface area (Å²) >= 11 is 0. The van der Waals surface area contributed by atoms with Crippen LogP contribution in [0, 0.1) is 0 Å². The number of carbonyl (C=O) groups is 1. The van der Waals surface area contributed by atoms with Crippen molar-refractivity contribution in [3.8, 4) is 40.1 Å². The second-order valence-corrected chi connectivity index (χ2v) is 7.92. The maximum absolute atomic E-state index is 13.7. The average molecular weight is 483 g/mol. The molecule has 0 spiro atoms. The topological polar surface area (TPSA) is 104 Å². The second-order valence-electron chi connectivity index (χ2n) is 7.92. The van der Waals surface area contributed by atoms with Gasteiger partial charge in [-0.3, -0.25) is 9.59 Å². The lowest BCUT2D eigenvalue weighted by atomic mass is 9.99. The molecule has 0 unspecified atom stereocenters. The lowest BCUT2D eigenvalue weighted by Crippen LogP contribution is -2.13. The van der Waals surface area contributed by atoms with Crippen LogP contribution in [-0.4, -0.2) is 31.4 Å². The van der Waals surface area contributed by atoms with Crippen molar-refractivity contribution in [2.75, 3.05) is 20.3 Å². The molecule has 0 radical (unpaired) electrons. The summed E-state index contributed by atoms with van der Waals surface area (Å²) in [6.07, 6.45) is 0.920. The van der Waals surface area contributed by atoms with E-state index in [4.69, 9.17) is 23.4 Å². The number of hydrogen-bond acceptors (Lipinski definition) is 8. The molecular formula is C27H30O8. The zero-order valence-corrected chi connectivity index (χ0v) is 20.6. The minimum Gasteiger partial charge on any atom is -0.504 e. The number of phenolic OH excluding ortho intramolecular Hbond substituents is 1. The van der Waals surface area contributed by atoms with Gasteiger partial charge in [-0.1, -0.05) is 5.57 Å². The smallest absolute Gasteiger partial charge is 0.308 e. The number of aryl methyl sites for hydroxylation is 1. The van der Waals surface area contributed by atoms with E-state index in [1.54, 1.807) is 45.2 Å². The fourth-order valence-electron chi connectivity index (χ4n) is 3.72. The molecule has 0 fully saturated rings. The summed E-state index contributed by atoms with van der Waals surface area (Å²) in [6, 6.07) is 6.97. The van der Waals surface area contributed by atoms with Gasteiger partial charge in [0.05, 0.1) is 20.3 Å². The molecule has 0 amide bonds. The van der Waals surface area contributed by atoms with Crippen molar-refractivity contribution < 1.29 is 33.3 Å². The van der Waals surface area contributed by atoms with Gasteiger partial charge in [-0.2, -0.15) is 0 Å². The van der Waals surface area contributed by atoms with Crippen molar-refractivity contribution >= 4 is 16.9 Å². The van der Waals surface area contributed by atoms with Gasteiger partial charge in [0.2, 0.25) is 16.9 Å². The molecule has 1 heterocycles. The van der Waals surface area contributed by atoms with Crippen LogP contribution in [0.25, 0.3) is 22.3 Å². The van der Waals surface area contributed by atoms with Crippen molar-refractivity contribution in [1.82, 2.24) is 0 Å². The van der Waals surface area contributed by atoms with Crippen LogP contribution in [-0.2, 0) is 11.2 Å². The summed E-state index contributed by atoms with van der Waals surface area (Å²) in [5, 5.41) is 11.0. The van der Waals surface area contributed by atoms with Crippen LogP contribution in [0.5, 0.6) is 28.7 Å². The van der Waals surface area contributed by atoms with Gasteiger partial charge in [0, 0.05) is 18.1 Å². The summed E-state index contributed by atoms with van der Waals surface area (Å²) in [5.41, 5.74) is 1.49. The predicted octanol–water partition coefficient (Wildman–Crippen LogP) is 5.41. The molecule has 8 nitrogen and oxygen atoms in total. The molecule has 0 bridgehead atoms. The average Bonchev–Trinajstić information content (AvgIpc) is 2.82. The number of phenols is 1. The van der Waals surface area contributed by atoms with Crippen molar-refractivity contribution in [3.05, 3.63) is 52.2 Å². The SMILES string of the molecule is C=C(C)CCc1c(OCC)c(OC(C)=O)c(O)c2c(=O)c(OCC)c(-c3ccc(OC)cc3)oc12. The lowest BCUT2D eigenvalue weighted by molar-refractivity contribution is -0.132. The maximum Gasteiger partial charge on any atom is 0.308 e. The van der Waals surface area contributed by atoms with Gasteiger partial charge < -0.3 is 28.5 Å². The standard InChI is InChI=1S/C27H30O8/c1-7-32-25-19(14-9-15(3)4)24-20(22(30)27(25)34-16(5)28)21(29)26(33-8-2)23(35-24)17-10-12-18(31-6)13-11-17/h10-13,30H,3,7-9,14H2,1-2,4-6H3. The second kappa shape index (κ2) is 11.0. The highest BCUT2D eigenvalue weighted by atomic mass is 16.6. The maximum atomic E-state index is 13.7. The van der Waals surface area contributed by atoms with Crippen LogP contribution in [0.3, 0.4) is 0 Å². The Morgan fingerprint density at radius 3 is 2.20 bits per heavy atom. The molecule has 0 saturated carbocycles. The number of benzene rings is 2. The summed E-state index contributed by atoms with van der Waals surface area (Å²) in [4.78, 5) is 25.5. The largest absolute Gasteiger partial charge is 0.504 e. The van der Waals surface area contributed by atoms with Gasteiger partial charge in [-0.15, -0.1) is 6.58 Å². The highest BCUT2D eigenvalue weighted by Gasteiger charge is 2.29. The predicted molar refractivity (Wildman–Crippen MR) is 133 cm³/mol. The summed E-state index contributed by atoms with van der Waals surface area (Å²) in [7, 11) is 1.56. The van der Waals surface area contributed by atoms with Crippen LogP contribution in [0.1, 0.15) is 39.7 Å². The minimum atomic E-state index is -0.671. The molecule has 0 aliphatic carbocycles. The number of fused-ring (bicyclic) bond motifs is 1. The van der Waals surface area contributed by atoms with Crippen molar-refractivity contribution in [3.63, 3.8) is 0 Å². The Balaban J connectivity index is 2.48. The Labute approximate surface area is 203 Å². The third-order valence-corrected chi connectivity index (χ3v) is 5.25. The van der Waals surface area contributed by atoms with E-state index in [-0.39, 0.29) is 47.2 Å². The highest BCUT2D eigenvalue weighted by Crippen LogP contribution is 2.48. The van der Waals surface area contributed by atoms with Crippen molar-refractivity contribution in [2.24, 2.45) is 0 Å². The van der Waals surface area contributed by atoms with Gasteiger partial charge in [0.15, 0.2) is 17.3 Å². The third kappa shape index (κ3) is 5.26.